The smallest absolute Gasteiger partial charge is 0.420 e. The second-order valence-electron chi connectivity index (χ2n) is 10.9. The predicted molar refractivity (Wildman–Crippen MR) is 157 cm³/mol. The van der Waals surface area contributed by atoms with Gasteiger partial charge in [0.1, 0.15) is 10.6 Å². The molecular weight excluding hydrogens is 574 g/mol. The SMILES string of the molecule is CN=c1sc(CN2CCN(C(=O)CCS(=O)(=O)c3cc4cc(Cl)ccc4n3C(=O)OC(C)(C)C)CC2)c(C)n1C. The van der Waals surface area contributed by atoms with Crippen molar-refractivity contribution >= 4 is 55.7 Å². The molecule has 218 valence electrons. The van der Waals surface area contributed by atoms with Gasteiger partial charge in [0.2, 0.25) is 5.91 Å². The first-order valence-corrected chi connectivity index (χ1v) is 15.9. The maximum atomic E-state index is 13.5. The normalized spacial score (nSPS) is 15.7. The molecule has 0 radical (unpaired) electrons. The van der Waals surface area contributed by atoms with Gasteiger partial charge in [-0.1, -0.05) is 11.6 Å². The van der Waals surface area contributed by atoms with Gasteiger partial charge < -0.3 is 14.2 Å². The summed E-state index contributed by atoms with van der Waals surface area (Å²) in [4.78, 5) is 36.6. The van der Waals surface area contributed by atoms with Gasteiger partial charge in [0, 0.05) is 74.2 Å². The van der Waals surface area contributed by atoms with Gasteiger partial charge in [-0.05, 0) is 52.0 Å². The largest absolute Gasteiger partial charge is 0.443 e. The van der Waals surface area contributed by atoms with E-state index in [1.807, 2.05) is 7.05 Å². The van der Waals surface area contributed by atoms with Crippen LogP contribution < -0.4 is 4.80 Å². The molecule has 10 nitrogen and oxygen atoms in total. The summed E-state index contributed by atoms with van der Waals surface area (Å²) in [5, 5.41) is 0.694. The number of aromatic nitrogens is 2. The van der Waals surface area contributed by atoms with Crippen molar-refractivity contribution < 1.29 is 22.7 Å². The van der Waals surface area contributed by atoms with E-state index in [0.29, 0.717) is 42.1 Å². The standard InChI is InChI=1S/C27H36ClN5O5S2/c1-18-22(39-25(29-5)30(18)6)17-31-10-12-32(13-11-31)23(34)9-14-40(36,37)24-16-19-15-20(28)7-8-21(19)33(24)26(35)38-27(2,3)4/h7-8,15-16H,9-14,17H2,1-6H3. The lowest BCUT2D eigenvalue weighted by Gasteiger charge is -2.34. The Kier molecular flexibility index (Phi) is 8.84. The van der Waals surface area contributed by atoms with Crippen LogP contribution in [-0.2, 0) is 33.0 Å². The van der Waals surface area contributed by atoms with Crippen LogP contribution in [0.3, 0.4) is 0 Å². The number of carbonyl (C=O) groups excluding carboxylic acids is 2. The van der Waals surface area contributed by atoms with Gasteiger partial charge in [-0.15, -0.1) is 11.3 Å². The third-order valence-corrected chi connectivity index (χ3v) is 10.1. The number of sulfone groups is 1. The molecule has 0 unspecified atom stereocenters. The lowest BCUT2D eigenvalue weighted by molar-refractivity contribution is -0.132. The van der Waals surface area contributed by atoms with Gasteiger partial charge in [-0.25, -0.2) is 17.8 Å². The maximum absolute atomic E-state index is 13.5. The van der Waals surface area contributed by atoms with E-state index in [2.05, 4.69) is 21.4 Å². The van der Waals surface area contributed by atoms with Crippen molar-refractivity contribution in [1.82, 2.24) is 18.9 Å². The molecule has 3 heterocycles. The number of thiazole rings is 1. The molecule has 0 saturated carbocycles. The molecule has 1 fully saturated rings. The zero-order valence-corrected chi connectivity index (χ0v) is 26.1. The van der Waals surface area contributed by atoms with Crippen LogP contribution in [0.4, 0.5) is 4.79 Å². The summed E-state index contributed by atoms with van der Waals surface area (Å²) in [6.45, 7) is 10.4. The van der Waals surface area contributed by atoms with E-state index in [1.54, 1.807) is 62.3 Å². The quantitative estimate of drug-likeness (QED) is 0.421. The van der Waals surface area contributed by atoms with Gasteiger partial charge in [0.05, 0.1) is 11.3 Å². The Morgan fingerprint density at radius 1 is 1.12 bits per heavy atom. The monoisotopic (exact) mass is 609 g/mol. The highest BCUT2D eigenvalue weighted by atomic mass is 35.5. The van der Waals surface area contributed by atoms with Crippen molar-refractivity contribution in [3.8, 4) is 0 Å². The van der Waals surface area contributed by atoms with Gasteiger partial charge in [-0.2, -0.15) is 0 Å². The highest BCUT2D eigenvalue weighted by molar-refractivity contribution is 7.91. The van der Waals surface area contributed by atoms with E-state index in [0.717, 1.165) is 15.9 Å². The third-order valence-electron chi connectivity index (χ3n) is 6.90. The molecule has 0 bridgehead atoms. The second-order valence-corrected chi connectivity index (χ2v) is 14.5. The fourth-order valence-corrected chi connectivity index (χ4v) is 7.36. The van der Waals surface area contributed by atoms with Crippen molar-refractivity contribution in [3.05, 3.63) is 44.7 Å². The molecule has 1 amide bonds. The minimum absolute atomic E-state index is 0.180. The Balaban J connectivity index is 1.43. The van der Waals surface area contributed by atoms with Crippen molar-refractivity contribution in [2.45, 2.75) is 51.3 Å². The topological polar surface area (TPSA) is 106 Å². The number of carbonyl (C=O) groups is 2. The number of halogens is 1. The molecule has 1 saturated heterocycles. The summed E-state index contributed by atoms with van der Waals surface area (Å²) in [6, 6.07) is 6.17. The van der Waals surface area contributed by atoms with E-state index in [9.17, 15) is 18.0 Å². The lowest BCUT2D eigenvalue weighted by Crippen LogP contribution is -2.48. The number of piperazine rings is 1. The van der Waals surface area contributed by atoms with E-state index >= 15 is 0 Å². The highest BCUT2D eigenvalue weighted by Crippen LogP contribution is 2.28. The third kappa shape index (κ3) is 6.62. The van der Waals surface area contributed by atoms with Gasteiger partial charge in [0.15, 0.2) is 14.6 Å². The first-order chi connectivity index (χ1) is 18.7. The Bertz CT molecular complexity index is 1610. The summed E-state index contributed by atoms with van der Waals surface area (Å²) in [5.74, 6) is -0.649. The van der Waals surface area contributed by atoms with Crippen LogP contribution >= 0.6 is 22.9 Å². The molecule has 40 heavy (non-hydrogen) atoms. The van der Waals surface area contributed by atoms with Gasteiger partial charge in [-0.3, -0.25) is 14.7 Å². The molecule has 1 aromatic carbocycles. The molecule has 0 spiro atoms. The summed E-state index contributed by atoms with van der Waals surface area (Å²) >= 11 is 7.78. The fraction of sp³-hybridized carbons (Fsp3) is 0.519. The van der Waals surface area contributed by atoms with Crippen LogP contribution in [-0.4, -0.2) is 83.9 Å². The number of fused-ring (bicyclic) bond motifs is 1. The highest BCUT2D eigenvalue weighted by Gasteiger charge is 2.30. The number of benzene rings is 1. The number of hydrogen-bond acceptors (Lipinski definition) is 8. The molecule has 3 aromatic rings. The van der Waals surface area contributed by atoms with Crippen molar-refractivity contribution in [2.24, 2.45) is 12.0 Å². The van der Waals surface area contributed by atoms with E-state index in [1.165, 1.54) is 16.6 Å². The Morgan fingerprint density at radius 3 is 2.40 bits per heavy atom. The molecule has 4 rings (SSSR count). The van der Waals surface area contributed by atoms with E-state index in [4.69, 9.17) is 16.3 Å². The van der Waals surface area contributed by atoms with Crippen LogP contribution in [0.5, 0.6) is 0 Å². The van der Waals surface area contributed by atoms with Crippen LogP contribution in [0, 0.1) is 6.92 Å². The van der Waals surface area contributed by atoms with E-state index in [-0.39, 0.29) is 17.4 Å². The fourth-order valence-electron chi connectivity index (χ4n) is 4.65. The summed E-state index contributed by atoms with van der Waals surface area (Å²) in [7, 11) is -0.221. The predicted octanol–water partition coefficient (Wildman–Crippen LogP) is 3.83. The average Bonchev–Trinajstić information content (AvgIpc) is 3.40. The molecule has 13 heteroatoms. The van der Waals surface area contributed by atoms with E-state index < -0.39 is 27.3 Å². The first kappa shape index (κ1) is 30.3. The molecule has 2 aromatic heterocycles. The van der Waals surface area contributed by atoms with Crippen molar-refractivity contribution in [2.75, 3.05) is 39.0 Å². The molecule has 0 N–H and O–H groups in total. The minimum Gasteiger partial charge on any atom is -0.443 e. The molecular formula is C27H36ClN5O5S2. The molecule has 0 atom stereocenters. The maximum Gasteiger partial charge on any atom is 0.420 e. The van der Waals surface area contributed by atoms with Crippen LogP contribution in [0.25, 0.3) is 10.9 Å². The molecule has 0 aliphatic carbocycles. The molecule has 1 aliphatic heterocycles. The molecule has 1 aliphatic rings. The van der Waals surface area contributed by atoms with Crippen LogP contribution in [0.2, 0.25) is 5.02 Å². The minimum atomic E-state index is -4.01. The van der Waals surface area contributed by atoms with Gasteiger partial charge in [0.25, 0.3) is 0 Å². The second kappa shape index (κ2) is 11.7. The summed E-state index contributed by atoms with van der Waals surface area (Å²) < 4.78 is 35.5. The van der Waals surface area contributed by atoms with Crippen molar-refractivity contribution in [1.29, 1.82) is 0 Å². The average molecular weight is 610 g/mol. The number of ether oxygens (including phenoxy) is 1. The summed E-state index contributed by atoms with van der Waals surface area (Å²) in [5.41, 5.74) is 0.724. The Hall–Kier alpha value is -2.67. The van der Waals surface area contributed by atoms with Gasteiger partial charge >= 0.3 is 6.09 Å². The number of nitrogens with zero attached hydrogens (tertiary/aromatic N) is 5. The number of amides is 1. The number of rotatable bonds is 6. The Morgan fingerprint density at radius 2 is 1.80 bits per heavy atom. The van der Waals surface area contributed by atoms with Crippen LogP contribution in [0.15, 0.2) is 34.3 Å². The Labute approximate surface area is 243 Å². The lowest BCUT2D eigenvalue weighted by atomic mass is 10.2. The first-order valence-electron chi connectivity index (χ1n) is 13.1. The zero-order chi connectivity index (χ0) is 29.4. The summed E-state index contributed by atoms with van der Waals surface area (Å²) in [6.07, 6.45) is -0.986. The zero-order valence-electron chi connectivity index (χ0n) is 23.7. The van der Waals surface area contributed by atoms with Crippen LogP contribution in [0.1, 0.15) is 37.8 Å². The number of hydrogen-bond donors (Lipinski definition) is 0. The van der Waals surface area contributed by atoms with Crippen molar-refractivity contribution in [3.63, 3.8) is 0 Å².